The summed E-state index contributed by atoms with van der Waals surface area (Å²) in [7, 11) is 2.42. The third-order valence-corrected chi connectivity index (χ3v) is 12.5. The van der Waals surface area contributed by atoms with Gasteiger partial charge in [-0.15, -0.1) is 0 Å². The van der Waals surface area contributed by atoms with Crippen molar-refractivity contribution in [1.29, 1.82) is 0 Å². The van der Waals surface area contributed by atoms with Crippen molar-refractivity contribution in [3.63, 3.8) is 0 Å². The first-order valence-corrected chi connectivity index (χ1v) is 22.0. The summed E-state index contributed by atoms with van der Waals surface area (Å²) in [6, 6.07) is 0. The van der Waals surface area contributed by atoms with Crippen molar-refractivity contribution >= 4 is 29.8 Å². The number of rotatable bonds is 9. The third-order valence-electron chi connectivity index (χ3n) is 12.5. The number of hydrogen-bond donors (Lipinski definition) is 4. The predicted molar refractivity (Wildman–Crippen MR) is 224 cm³/mol. The normalized spacial score (nSPS) is 36.0. The van der Waals surface area contributed by atoms with E-state index in [2.05, 4.69) is 0 Å². The molecule has 0 radical (unpaired) electrons. The highest BCUT2D eigenvalue weighted by Gasteiger charge is 2.59. The maximum atomic E-state index is 13.5. The molecule has 4 heterocycles. The van der Waals surface area contributed by atoms with E-state index in [-0.39, 0.29) is 69.3 Å². The number of ether oxygens (including phenoxy) is 8. The quantitative estimate of drug-likeness (QED) is 0.110. The number of aliphatic hydroxyl groups is 4. The lowest BCUT2D eigenvalue weighted by Crippen LogP contribution is -2.62. The van der Waals surface area contributed by atoms with Gasteiger partial charge in [0.1, 0.15) is 12.2 Å². The fourth-order valence-corrected chi connectivity index (χ4v) is 8.68. The average molecular weight is 895 g/mol. The molecule has 0 aromatic heterocycles. The van der Waals surface area contributed by atoms with Gasteiger partial charge in [0, 0.05) is 56.1 Å². The summed E-state index contributed by atoms with van der Waals surface area (Å²) in [4.78, 5) is 65.1. The Bertz CT molecular complexity index is 1730. The molecule has 3 saturated heterocycles. The molecule has 17 heteroatoms. The summed E-state index contributed by atoms with van der Waals surface area (Å²) in [6.07, 6.45) is -4.43. The minimum absolute atomic E-state index is 0.00780. The fourth-order valence-electron chi connectivity index (χ4n) is 8.68. The van der Waals surface area contributed by atoms with Crippen LogP contribution in [0.2, 0.25) is 0 Å². The molecule has 4 aliphatic heterocycles. The molecule has 356 valence electrons. The van der Waals surface area contributed by atoms with Crippen LogP contribution in [0.4, 0.5) is 0 Å². The van der Waals surface area contributed by atoms with Crippen molar-refractivity contribution in [1.82, 2.24) is 0 Å². The van der Waals surface area contributed by atoms with Crippen LogP contribution in [0.25, 0.3) is 0 Å². The zero-order valence-electron chi connectivity index (χ0n) is 38.5. The Hall–Kier alpha value is -3.71. The number of cyclic esters (lactones) is 1. The second-order valence-electron chi connectivity index (χ2n) is 19.0. The second-order valence-corrected chi connectivity index (χ2v) is 19.0. The minimum atomic E-state index is -2.41. The van der Waals surface area contributed by atoms with Crippen LogP contribution in [-0.2, 0) is 61.9 Å². The number of carbonyl (C=O) groups is 5. The smallest absolute Gasteiger partial charge is 0.330 e. The van der Waals surface area contributed by atoms with Gasteiger partial charge in [0.05, 0.1) is 62.7 Å². The van der Waals surface area contributed by atoms with Gasteiger partial charge in [-0.25, -0.2) is 9.59 Å². The van der Waals surface area contributed by atoms with Crippen molar-refractivity contribution in [3.05, 3.63) is 35.5 Å². The summed E-state index contributed by atoms with van der Waals surface area (Å²) in [6.45, 7) is 13.6. The molecule has 0 unspecified atom stereocenters. The molecule has 0 saturated carbocycles. The van der Waals surface area contributed by atoms with Gasteiger partial charge in [-0.3, -0.25) is 14.4 Å². The zero-order chi connectivity index (χ0) is 47.1. The molecule has 0 spiro atoms. The first kappa shape index (κ1) is 51.9. The second kappa shape index (κ2) is 21.5. The van der Waals surface area contributed by atoms with E-state index in [1.165, 1.54) is 27.2 Å². The van der Waals surface area contributed by atoms with Crippen LogP contribution in [0, 0.1) is 16.7 Å². The van der Waals surface area contributed by atoms with Crippen LogP contribution >= 0.6 is 0 Å². The van der Waals surface area contributed by atoms with Crippen molar-refractivity contribution in [2.75, 3.05) is 14.2 Å². The summed E-state index contributed by atoms with van der Waals surface area (Å²) >= 11 is 0. The van der Waals surface area contributed by atoms with Crippen LogP contribution in [0.15, 0.2) is 35.5 Å². The van der Waals surface area contributed by atoms with E-state index in [4.69, 9.17) is 37.9 Å². The van der Waals surface area contributed by atoms with Gasteiger partial charge in [-0.05, 0) is 44.1 Å². The lowest BCUT2D eigenvalue weighted by molar-refractivity contribution is -0.349. The number of hydrogen-bond acceptors (Lipinski definition) is 17. The molecular formula is C46H70O17. The van der Waals surface area contributed by atoms with Gasteiger partial charge in [0.2, 0.25) is 5.79 Å². The van der Waals surface area contributed by atoms with E-state index in [0.29, 0.717) is 12.0 Å². The number of esters is 5. The first-order chi connectivity index (χ1) is 29.3. The molecular weight excluding hydrogens is 824 g/mol. The van der Waals surface area contributed by atoms with E-state index >= 15 is 0 Å². The highest BCUT2D eigenvalue weighted by atomic mass is 16.7. The van der Waals surface area contributed by atoms with Crippen LogP contribution in [-0.4, -0.2) is 131 Å². The maximum absolute atomic E-state index is 13.5. The fraction of sp³-hybridized carbons (Fsp3) is 0.761. The van der Waals surface area contributed by atoms with Gasteiger partial charge in [0.15, 0.2) is 11.9 Å². The topological polar surface area (TPSA) is 240 Å². The number of methoxy groups -OCH3 is 2. The third kappa shape index (κ3) is 13.2. The summed E-state index contributed by atoms with van der Waals surface area (Å²) in [5, 5.41) is 47.7. The van der Waals surface area contributed by atoms with E-state index in [1.54, 1.807) is 46.8 Å². The molecule has 6 bridgehead atoms. The van der Waals surface area contributed by atoms with E-state index in [9.17, 15) is 44.4 Å². The van der Waals surface area contributed by atoms with Crippen LogP contribution in [0.3, 0.4) is 0 Å². The van der Waals surface area contributed by atoms with Gasteiger partial charge >= 0.3 is 29.8 Å². The average Bonchev–Trinajstić information content (AvgIpc) is 3.16. The van der Waals surface area contributed by atoms with Crippen molar-refractivity contribution < 1.29 is 82.3 Å². The van der Waals surface area contributed by atoms with Crippen molar-refractivity contribution in [2.24, 2.45) is 16.7 Å². The Balaban J connectivity index is 1.88. The van der Waals surface area contributed by atoms with Gasteiger partial charge < -0.3 is 58.3 Å². The number of fused-ring (bicyclic) bond motifs is 6. The molecule has 0 amide bonds. The van der Waals surface area contributed by atoms with Crippen LogP contribution in [0.1, 0.15) is 126 Å². The van der Waals surface area contributed by atoms with Crippen molar-refractivity contribution in [3.8, 4) is 0 Å². The van der Waals surface area contributed by atoms with Gasteiger partial charge in [-0.2, -0.15) is 0 Å². The van der Waals surface area contributed by atoms with Crippen LogP contribution < -0.4 is 0 Å². The highest BCUT2D eigenvalue weighted by Crippen LogP contribution is 2.50. The Kier molecular flexibility index (Phi) is 17.7. The lowest BCUT2D eigenvalue weighted by atomic mass is 9.70. The molecule has 4 aliphatic rings. The molecule has 4 N–H and O–H groups in total. The number of aliphatic hydroxyl groups excluding tert-OH is 2. The Morgan fingerprint density at radius 3 is 2.14 bits per heavy atom. The van der Waals surface area contributed by atoms with E-state index in [1.807, 2.05) is 13.8 Å². The van der Waals surface area contributed by atoms with Gasteiger partial charge in [0.25, 0.3) is 0 Å². The van der Waals surface area contributed by atoms with E-state index in [0.717, 1.165) is 6.08 Å². The summed E-state index contributed by atoms with van der Waals surface area (Å²) in [5.41, 5.74) is -1.97. The number of carbonyl (C=O) groups excluding carboxylic acids is 5. The molecule has 0 aliphatic carbocycles. The van der Waals surface area contributed by atoms with Crippen LogP contribution in [0.5, 0.6) is 0 Å². The molecule has 63 heavy (non-hydrogen) atoms. The predicted octanol–water partition coefficient (Wildman–Crippen LogP) is 4.19. The summed E-state index contributed by atoms with van der Waals surface area (Å²) in [5.74, 6) is -7.91. The monoisotopic (exact) mass is 894 g/mol. The highest BCUT2D eigenvalue weighted by molar-refractivity contribution is 5.83. The largest absolute Gasteiger partial charge is 0.466 e. The standard InChI is InChI=1S/C46H70O17/c1-11-12-37(49)61-42-29(20-39(51)57-10)19-32-23-35(27(4)47)59-41(53)22-30(48)21-33-24-36(60-40(52)15-26(2)3)44(7,8)45(54,62-33)25-34-17-28(18-38(50)56-9)16-31(58-34)13-14-43(5,6)46(42,55)63-32/h13-14,18,20,26-27,30-36,42,47-48,54-55H,11-12,15-17,19,21-25H2,1-10H3/b14-13-,28-18-,29-20+/t27-,30+,31+,32+,33-,34+,35-,36+,42+,45+,46-/m1/s1. The Labute approximate surface area is 370 Å². The molecule has 0 aromatic carbocycles. The first-order valence-electron chi connectivity index (χ1n) is 22.0. The zero-order valence-corrected chi connectivity index (χ0v) is 38.5. The molecule has 0 aromatic rings. The lowest BCUT2D eigenvalue weighted by Gasteiger charge is -2.54. The molecule has 11 atom stereocenters. The SMILES string of the molecule is CCCC(=O)O[C@H]1/C(=C/C(=O)OC)C[C@H]2C[C@H]([C@@H](C)O)OC(=O)C[C@@H](O)C[C@@H]3C[C@H](OC(=O)CC(C)C)C(C)(C)[C@](O)(C[C@@H]4C/C(=C\C(=O)OC)C[C@H](/C=C\C(C)(C)[C@]1(O)O2)O4)O3. The van der Waals surface area contributed by atoms with Crippen molar-refractivity contribution in [2.45, 2.75) is 193 Å². The summed E-state index contributed by atoms with van der Waals surface area (Å²) < 4.78 is 47.0. The Morgan fingerprint density at radius 2 is 1.52 bits per heavy atom. The Morgan fingerprint density at radius 1 is 0.857 bits per heavy atom. The molecule has 4 rings (SSSR count). The van der Waals surface area contributed by atoms with Gasteiger partial charge in [-0.1, -0.05) is 66.2 Å². The molecule has 3 fully saturated rings. The molecule has 17 nitrogen and oxygen atoms in total. The van der Waals surface area contributed by atoms with E-state index < -0.39 is 114 Å². The maximum Gasteiger partial charge on any atom is 0.330 e. The minimum Gasteiger partial charge on any atom is -0.466 e.